The first-order valence-electron chi connectivity index (χ1n) is 5.73. The smallest absolute Gasteiger partial charge is 0.250 e. The maximum atomic E-state index is 11.8. The summed E-state index contributed by atoms with van der Waals surface area (Å²) in [5.41, 5.74) is 0.546. The molecule has 0 saturated carbocycles. The number of carbonyl (C=O) groups is 1. The van der Waals surface area contributed by atoms with Crippen molar-refractivity contribution in [3.05, 3.63) is 28.7 Å². The van der Waals surface area contributed by atoms with Crippen LogP contribution < -0.4 is 16.2 Å². The van der Waals surface area contributed by atoms with E-state index in [2.05, 4.69) is 10.6 Å². The molecule has 5 nitrogen and oxygen atoms in total. The largest absolute Gasteiger partial charge is 0.325 e. The van der Waals surface area contributed by atoms with Crippen molar-refractivity contribution in [1.82, 2.24) is 9.88 Å². The predicted octanol–water partition coefficient (Wildman–Crippen LogP) is 0.569. The fourth-order valence-corrected chi connectivity index (χ4v) is 1.39. The minimum absolute atomic E-state index is 0.0513. The highest BCUT2D eigenvalue weighted by Crippen LogP contribution is 2.05. The predicted molar refractivity (Wildman–Crippen MR) is 68.0 cm³/mol. The normalized spacial score (nSPS) is 12.2. The molecule has 0 radical (unpaired) electrons. The molecule has 0 fully saturated rings. The van der Waals surface area contributed by atoms with E-state index in [1.165, 1.54) is 10.6 Å². The summed E-state index contributed by atoms with van der Waals surface area (Å²) in [6.45, 7) is 5.35. The molecule has 0 aromatic carbocycles. The topological polar surface area (TPSA) is 63.1 Å². The fourth-order valence-electron chi connectivity index (χ4n) is 1.39. The molecule has 1 aromatic rings. The summed E-state index contributed by atoms with van der Waals surface area (Å²) in [7, 11) is 1.65. The van der Waals surface area contributed by atoms with Crippen molar-refractivity contribution >= 4 is 11.6 Å². The number of hydrogen-bond acceptors (Lipinski definition) is 3. The molecule has 0 bridgehead atoms. The molecule has 0 aliphatic carbocycles. The number of amides is 1. The van der Waals surface area contributed by atoms with E-state index in [-0.39, 0.29) is 17.4 Å². The van der Waals surface area contributed by atoms with E-state index in [9.17, 15) is 9.59 Å². The Bertz CT molecular complexity index is 440. The molecule has 17 heavy (non-hydrogen) atoms. The number of hydrogen-bond donors (Lipinski definition) is 2. The average Bonchev–Trinajstić information content (AvgIpc) is 2.30. The number of rotatable bonds is 5. The van der Waals surface area contributed by atoms with Crippen molar-refractivity contribution in [1.29, 1.82) is 0 Å². The first-order chi connectivity index (χ1) is 8.04. The van der Waals surface area contributed by atoms with Crippen molar-refractivity contribution < 1.29 is 4.79 Å². The summed E-state index contributed by atoms with van der Waals surface area (Å²) in [6.07, 6.45) is 1.61. The Morgan fingerprint density at radius 2 is 2.18 bits per heavy atom. The van der Waals surface area contributed by atoms with Gasteiger partial charge in [0.25, 0.3) is 0 Å². The Kier molecular flexibility index (Phi) is 4.90. The Morgan fingerprint density at radius 3 is 2.76 bits per heavy atom. The summed E-state index contributed by atoms with van der Waals surface area (Å²) >= 11 is 0. The zero-order valence-electron chi connectivity index (χ0n) is 10.5. The van der Waals surface area contributed by atoms with E-state index in [1.54, 1.807) is 19.3 Å². The molecular formula is C12H19N3O2. The van der Waals surface area contributed by atoms with Gasteiger partial charge in [-0.1, -0.05) is 13.8 Å². The van der Waals surface area contributed by atoms with Crippen LogP contribution in [0.1, 0.15) is 13.8 Å². The minimum atomic E-state index is -0.104. The molecule has 0 aliphatic rings. The van der Waals surface area contributed by atoms with Crippen molar-refractivity contribution in [3.8, 4) is 0 Å². The van der Waals surface area contributed by atoms with Gasteiger partial charge in [0.1, 0.15) is 0 Å². The second kappa shape index (κ2) is 6.20. The fraction of sp³-hybridized carbons (Fsp3) is 0.500. The Hall–Kier alpha value is -1.62. The zero-order valence-corrected chi connectivity index (χ0v) is 10.5. The number of aromatic nitrogens is 1. The van der Waals surface area contributed by atoms with Crippen LogP contribution in [0.15, 0.2) is 23.1 Å². The summed E-state index contributed by atoms with van der Waals surface area (Å²) in [4.78, 5) is 22.9. The number of pyridine rings is 1. The Balaban J connectivity index is 2.61. The van der Waals surface area contributed by atoms with E-state index in [0.29, 0.717) is 12.2 Å². The van der Waals surface area contributed by atoms with Crippen LogP contribution in [0, 0.1) is 5.92 Å². The molecule has 0 aliphatic heterocycles. The van der Waals surface area contributed by atoms with Crippen LogP contribution in [0.2, 0.25) is 0 Å². The van der Waals surface area contributed by atoms with Crippen LogP contribution in [-0.2, 0) is 11.8 Å². The number of nitrogens with one attached hydrogen (secondary N) is 2. The van der Waals surface area contributed by atoms with Gasteiger partial charge in [-0.25, -0.2) is 0 Å². The van der Waals surface area contributed by atoms with Gasteiger partial charge >= 0.3 is 0 Å². The summed E-state index contributed by atoms with van der Waals surface area (Å²) < 4.78 is 1.44. The molecule has 1 atom stereocenters. The van der Waals surface area contributed by atoms with Crippen LogP contribution >= 0.6 is 0 Å². The second-order valence-electron chi connectivity index (χ2n) is 4.06. The molecule has 1 unspecified atom stereocenters. The maximum Gasteiger partial charge on any atom is 0.250 e. The minimum Gasteiger partial charge on any atom is -0.325 e. The zero-order chi connectivity index (χ0) is 12.8. The van der Waals surface area contributed by atoms with Crippen LogP contribution in [0.3, 0.4) is 0 Å². The van der Waals surface area contributed by atoms with Crippen LogP contribution in [0.25, 0.3) is 0 Å². The first-order valence-corrected chi connectivity index (χ1v) is 5.73. The molecule has 1 heterocycles. The molecule has 94 valence electrons. The molecule has 0 spiro atoms. The van der Waals surface area contributed by atoms with Gasteiger partial charge < -0.3 is 15.2 Å². The standard InChI is InChI=1S/C12H19N3O2/c1-4-13-7-9(2)12(17)14-10-5-6-11(16)15(3)8-10/h5-6,8-9,13H,4,7H2,1-3H3,(H,14,17). The van der Waals surface area contributed by atoms with E-state index in [0.717, 1.165) is 6.54 Å². The van der Waals surface area contributed by atoms with E-state index < -0.39 is 0 Å². The highest BCUT2D eigenvalue weighted by Gasteiger charge is 2.12. The van der Waals surface area contributed by atoms with E-state index >= 15 is 0 Å². The lowest BCUT2D eigenvalue weighted by Gasteiger charge is -2.12. The summed E-state index contributed by atoms with van der Waals surface area (Å²) in [5, 5.41) is 5.90. The van der Waals surface area contributed by atoms with Gasteiger partial charge in [-0.2, -0.15) is 0 Å². The third-order valence-electron chi connectivity index (χ3n) is 2.50. The molecule has 1 rings (SSSR count). The highest BCUT2D eigenvalue weighted by atomic mass is 16.2. The van der Waals surface area contributed by atoms with Gasteiger partial charge in [-0.15, -0.1) is 0 Å². The van der Waals surface area contributed by atoms with Crippen molar-refractivity contribution in [3.63, 3.8) is 0 Å². The number of aryl methyl sites for hydroxylation is 1. The number of nitrogens with zero attached hydrogens (tertiary/aromatic N) is 1. The molecule has 2 N–H and O–H groups in total. The summed E-state index contributed by atoms with van der Waals surface area (Å²) in [5.74, 6) is -0.156. The Labute approximate surface area is 101 Å². The molecule has 0 saturated heterocycles. The van der Waals surface area contributed by atoms with E-state index in [1.807, 2.05) is 13.8 Å². The lowest BCUT2D eigenvalue weighted by molar-refractivity contribution is -0.119. The van der Waals surface area contributed by atoms with Gasteiger partial charge in [-0.05, 0) is 12.6 Å². The third kappa shape index (κ3) is 4.03. The first kappa shape index (κ1) is 13.4. The van der Waals surface area contributed by atoms with Crippen LogP contribution in [-0.4, -0.2) is 23.6 Å². The van der Waals surface area contributed by atoms with E-state index in [4.69, 9.17) is 0 Å². The molecule has 1 amide bonds. The summed E-state index contributed by atoms with van der Waals surface area (Å²) in [6, 6.07) is 3.05. The monoisotopic (exact) mass is 237 g/mol. The van der Waals surface area contributed by atoms with Gasteiger partial charge in [0.15, 0.2) is 0 Å². The Morgan fingerprint density at radius 1 is 1.47 bits per heavy atom. The number of anilines is 1. The quantitative estimate of drug-likeness (QED) is 0.787. The molecular weight excluding hydrogens is 218 g/mol. The lowest BCUT2D eigenvalue weighted by atomic mass is 10.1. The van der Waals surface area contributed by atoms with Crippen molar-refractivity contribution in [2.45, 2.75) is 13.8 Å². The molecule has 1 aromatic heterocycles. The van der Waals surface area contributed by atoms with Crippen LogP contribution in [0.5, 0.6) is 0 Å². The van der Waals surface area contributed by atoms with Gasteiger partial charge in [0, 0.05) is 31.8 Å². The average molecular weight is 237 g/mol. The molecule has 5 heteroatoms. The van der Waals surface area contributed by atoms with Crippen molar-refractivity contribution in [2.75, 3.05) is 18.4 Å². The van der Waals surface area contributed by atoms with Gasteiger partial charge in [0.05, 0.1) is 5.69 Å². The number of carbonyl (C=O) groups excluding carboxylic acids is 1. The maximum absolute atomic E-state index is 11.8. The SMILES string of the molecule is CCNCC(C)C(=O)Nc1ccc(=O)n(C)c1. The second-order valence-corrected chi connectivity index (χ2v) is 4.06. The van der Waals surface area contributed by atoms with Gasteiger partial charge in [-0.3, -0.25) is 9.59 Å². The van der Waals surface area contributed by atoms with Crippen LogP contribution in [0.4, 0.5) is 5.69 Å². The third-order valence-corrected chi connectivity index (χ3v) is 2.50. The lowest BCUT2D eigenvalue weighted by Crippen LogP contribution is -2.30. The highest BCUT2D eigenvalue weighted by molar-refractivity contribution is 5.92. The van der Waals surface area contributed by atoms with Crippen molar-refractivity contribution in [2.24, 2.45) is 13.0 Å². The van der Waals surface area contributed by atoms with Gasteiger partial charge in [0.2, 0.25) is 11.5 Å².